The molecule has 2 N–H and O–H groups in total. The fraction of sp³-hybridized carbons (Fsp3) is 0.0909. The van der Waals surface area contributed by atoms with Crippen LogP contribution in [0.4, 0.5) is 14.6 Å². The van der Waals surface area contributed by atoms with Crippen molar-refractivity contribution in [1.29, 1.82) is 0 Å². The lowest BCUT2D eigenvalue weighted by atomic mass is 10.2. The van der Waals surface area contributed by atoms with E-state index in [4.69, 9.17) is 0 Å². The summed E-state index contributed by atoms with van der Waals surface area (Å²) in [4.78, 5) is 29.4. The van der Waals surface area contributed by atoms with Gasteiger partial charge in [-0.05, 0) is 37.3 Å². The number of para-hydroxylation sites is 2. The number of aromatic nitrogens is 5. The van der Waals surface area contributed by atoms with E-state index in [1.54, 1.807) is 49.8 Å². The minimum atomic E-state index is -0.861. The number of halogens is 2. The Morgan fingerprint density at radius 1 is 1.03 bits per heavy atom. The largest absolute Gasteiger partial charge is 0.359 e. The van der Waals surface area contributed by atoms with E-state index in [2.05, 4.69) is 25.3 Å². The number of fused-ring (bicyclic) bond motifs is 2. The van der Waals surface area contributed by atoms with Gasteiger partial charge in [0.2, 0.25) is 0 Å². The van der Waals surface area contributed by atoms with Crippen molar-refractivity contribution < 1.29 is 8.78 Å². The topological polar surface area (TPSA) is 88.5 Å². The van der Waals surface area contributed by atoms with E-state index in [0.717, 1.165) is 22.2 Å². The molecular formula is C22H16F2N6O. The lowest BCUT2D eigenvalue weighted by Gasteiger charge is -2.20. The summed E-state index contributed by atoms with van der Waals surface area (Å²) in [6.07, 6.45) is 3.15. The summed E-state index contributed by atoms with van der Waals surface area (Å²) in [7, 11) is 0. The minimum Gasteiger partial charge on any atom is -0.359 e. The Balaban J connectivity index is 1.74. The van der Waals surface area contributed by atoms with Crippen LogP contribution >= 0.6 is 0 Å². The van der Waals surface area contributed by atoms with Crippen molar-refractivity contribution in [1.82, 2.24) is 24.5 Å². The van der Waals surface area contributed by atoms with Gasteiger partial charge in [0, 0.05) is 6.20 Å². The van der Waals surface area contributed by atoms with Crippen LogP contribution in [-0.4, -0.2) is 24.5 Å². The fourth-order valence-corrected chi connectivity index (χ4v) is 3.60. The fourth-order valence-electron chi connectivity index (χ4n) is 3.60. The molecule has 0 aliphatic rings. The first-order valence-corrected chi connectivity index (χ1v) is 9.55. The number of nitrogens with one attached hydrogen (secondary N) is 2. The molecule has 0 amide bonds. The first kappa shape index (κ1) is 18.9. The minimum absolute atomic E-state index is 0.141. The van der Waals surface area contributed by atoms with Gasteiger partial charge in [0.25, 0.3) is 5.56 Å². The Bertz CT molecular complexity index is 1470. The van der Waals surface area contributed by atoms with E-state index in [-0.39, 0.29) is 11.2 Å². The number of nitrogens with zero attached hydrogens (tertiary/aromatic N) is 4. The van der Waals surface area contributed by atoms with Crippen LogP contribution in [0, 0.1) is 11.6 Å². The molecule has 0 unspecified atom stereocenters. The van der Waals surface area contributed by atoms with Crippen molar-refractivity contribution >= 4 is 27.8 Å². The molecule has 7 nitrogen and oxygen atoms in total. The maximum Gasteiger partial charge on any atom is 0.266 e. The summed E-state index contributed by atoms with van der Waals surface area (Å²) < 4.78 is 30.3. The SMILES string of the molecule is C[C@H](Nc1nccc2[nH]cnc12)c1nc2ccccc2c(=O)n1-c1c(F)cccc1F. The summed E-state index contributed by atoms with van der Waals surface area (Å²) in [5.74, 6) is -1.13. The standard InChI is InChI=1S/C22H16F2N6O/c1-12(28-20-18-17(9-10-25-20)26-11-27-18)21-29-16-8-3-2-5-13(16)22(31)30(21)19-14(23)6-4-7-15(19)24/h2-12H,1H3,(H,25,28)(H,26,27)/t12-/m0/s1. The van der Waals surface area contributed by atoms with E-state index in [0.29, 0.717) is 16.9 Å². The number of rotatable bonds is 4. The van der Waals surface area contributed by atoms with Gasteiger partial charge in [-0.1, -0.05) is 18.2 Å². The van der Waals surface area contributed by atoms with Gasteiger partial charge in [-0.2, -0.15) is 0 Å². The van der Waals surface area contributed by atoms with Gasteiger partial charge in [-0.3, -0.25) is 9.36 Å². The average molecular weight is 418 g/mol. The van der Waals surface area contributed by atoms with Gasteiger partial charge >= 0.3 is 0 Å². The molecule has 0 saturated heterocycles. The molecule has 0 fully saturated rings. The molecule has 0 spiro atoms. The molecular weight excluding hydrogens is 402 g/mol. The number of hydrogen-bond acceptors (Lipinski definition) is 5. The summed E-state index contributed by atoms with van der Waals surface area (Å²) in [5.41, 5.74) is 0.759. The van der Waals surface area contributed by atoms with E-state index < -0.39 is 28.9 Å². The van der Waals surface area contributed by atoms with Crippen LogP contribution in [0.3, 0.4) is 0 Å². The predicted molar refractivity (Wildman–Crippen MR) is 113 cm³/mol. The summed E-state index contributed by atoms with van der Waals surface area (Å²) in [6.45, 7) is 1.74. The highest BCUT2D eigenvalue weighted by atomic mass is 19.1. The molecule has 0 bridgehead atoms. The molecule has 1 atom stereocenters. The van der Waals surface area contributed by atoms with Crippen molar-refractivity contribution in [2.24, 2.45) is 0 Å². The van der Waals surface area contributed by atoms with E-state index >= 15 is 0 Å². The van der Waals surface area contributed by atoms with Gasteiger partial charge in [0.1, 0.15) is 28.7 Å². The smallest absolute Gasteiger partial charge is 0.266 e. The van der Waals surface area contributed by atoms with Crippen molar-refractivity contribution in [2.75, 3.05) is 5.32 Å². The molecule has 2 aromatic carbocycles. The van der Waals surface area contributed by atoms with Crippen LogP contribution < -0.4 is 10.9 Å². The second-order valence-corrected chi connectivity index (χ2v) is 7.02. The Morgan fingerprint density at radius 3 is 2.61 bits per heavy atom. The van der Waals surface area contributed by atoms with Crippen LogP contribution in [0.5, 0.6) is 0 Å². The maximum atomic E-state index is 14.7. The molecule has 154 valence electrons. The summed E-state index contributed by atoms with van der Waals surface area (Å²) in [6, 6.07) is 11.3. The molecule has 0 saturated carbocycles. The predicted octanol–water partition coefficient (Wildman–Crippen LogP) is 4.11. The third-order valence-electron chi connectivity index (χ3n) is 5.04. The van der Waals surface area contributed by atoms with Crippen LogP contribution in [0.1, 0.15) is 18.8 Å². The van der Waals surface area contributed by atoms with Gasteiger partial charge < -0.3 is 10.3 Å². The second-order valence-electron chi connectivity index (χ2n) is 7.02. The van der Waals surface area contributed by atoms with Crippen LogP contribution in [0.25, 0.3) is 27.6 Å². The zero-order valence-electron chi connectivity index (χ0n) is 16.3. The molecule has 9 heteroatoms. The molecule has 31 heavy (non-hydrogen) atoms. The van der Waals surface area contributed by atoms with Gasteiger partial charge in [0.15, 0.2) is 5.82 Å². The number of imidazole rings is 1. The van der Waals surface area contributed by atoms with Crippen LogP contribution in [0.15, 0.2) is 65.8 Å². The average Bonchev–Trinajstić information content (AvgIpc) is 3.25. The van der Waals surface area contributed by atoms with Crippen LogP contribution in [0.2, 0.25) is 0 Å². The van der Waals surface area contributed by atoms with Gasteiger partial charge in [-0.25, -0.2) is 23.7 Å². The number of anilines is 1. The molecule has 0 radical (unpaired) electrons. The Morgan fingerprint density at radius 2 is 1.81 bits per heavy atom. The van der Waals surface area contributed by atoms with Crippen molar-refractivity contribution in [3.8, 4) is 5.69 Å². The normalized spacial score (nSPS) is 12.4. The molecule has 5 rings (SSSR count). The molecule has 0 aliphatic carbocycles. The zero-order chi connectivity index (χ0) is 21.5. The van der Waals surface area contributed by atoms with Crippen molar-refractivity contribution in [3.05, 3.63) is 88.9 Å². The monoisotopic (exact) mass is 418 g/mol. The van der Waals surface area contributed by atoms with Gasteiger partial charge in [-0.15, -0.1) is 0 Å². The number of benzene rings is 2. The third kappa shape index (κ3) is 3.10. The molecule has 3 aromatic heterocycles. The molecule has 5 aromatic rings. The quantitative estimate of drug-likeness (QED) is 0.459. The first-order valence-electron chi connectivity index (χ1n) is 9.55. The second kappa shape index (κ2) is 7.28. The summed E-state index contributed by atoms with van der Waals surface area (Å²) >= 11 is 0. The Hall–Kier alpha value is -4.14. The number of H-pyrrole nitrogens is 1. The first-order chi connectivity index (χ1) is 15.0. The lowest BCUT2D eigenvalue weighted by Crippen LogP contribution is -2.28. The highest BCUT2D eigenvalue weighted by molar-refractivity contribution is 5.85. The Kier molecular flexibility index (Phi) is 4.43. The number of hydrogen-bond donors (Lipinski definition) is 2. The number of aromatic amines is 1. The number of pyridine rings is 1. The highest BCUT2D eigenvalue weighted by Gasteiger charge is 2.23. The van der Waals surface area contributed by atoms with Gasteiger partial charge in [0.05, 0.1) is 28.8 Å². The lowest BCUT2D eigenvalue weighted by molar-refractivity contribution is 0.558. The highest BCUT2D eigenvalue weighted by Crippen LogP contribution is 2.26. The van der Waals surface area contributed by atoms with Crippen molar-refractivity contribution in [3.63, 3.8) is 0 Å². The summed E-state index contributed by atoms with van der Waals surface area (Å²) in [5, 5.41) is 3.43. The zero-order valence-corrected chi connectivity index (χ0v) is 16.3. The van der Waals surface area contributed by atoms with Crippen LogP contribution in [-0.2, 0) is 0 Å². The third-order valence-corrected chi connectivity index (χ3v) is 5.04. The van der Waals surface area contributed by atoms with E-state index in [9.17, 15) is 13.6 Å². The Labute approximate surface area is 174 Å². The van der Waals surface area contributed by atoms with E-state index in [1.807, 2.05) is 0 Å². The molecule has 3 heterocycles. The van der Waals surface area contributed by atoms with Crippen molar-refractivity contribution in [2.45, 2.75) is 13.0 Å². The maximum absolute atomic E-state index is 14.7. The molecule has 0 aliphatic heterocycles. The van der Waals surface area contributed by atoms with E-state index in [1.165, 1.54) is 6.07 Å².